The number of carbonyl (C=O) groups is 1. The number of morpholine rings is 1. The second-order valence-electron chi connectivity index (χ2n) is 8.26. The molecule has 0 radical (unpaired) electrons. The number of amides is 1. The van der Waals surface area contributed by atoms with E-state index in [1.165, 1.54) is 11.3 Å². The lowest BCUT2D eigenvalue weighted by molar-refractivity contribution is -0.120. The number of benzene rings is 3. The third kappa shape index (κ3) is 5.58. The van der Waals surface area contributed by atoms with Gasteiger partial charge in [0.1, 0.15) is 5.75 Å². The normalized spacial score (nSPS) is 14.5. The SMILES string of the molecule is O=C(COc1ccc2ccccc2c1)N(CCCN1CCOCC1)c1nc2ccc(Br)cc2s1. The second-order valence-corrected chi connectivity index (χ2v) is 10.2. The molecule has 2 heterocycles. The molecule has 34 heavy (non-hydrogen) atoms. The van der Waals surface area contributed by atoms with Crippen molar-refractivity contribution in [2.24, 2.45) is 0 Å². The third-order valence-electron chi connectivity index (χ3n) is 5.91. The minimum Gasteiger partial charge on any atom is -0.484 e. The van der Waals surface area contributed by atoms with Crippen molar-refractivity contribution in [3.05, 3.63) is 65.1 Å². The summed E-state index contributed by atoms with van der Waals surface area (Å²) in [5, 5.41) is 2.94. The number of hydrogen-bond acceptors (Lipinski definition) is 6. The van der Waals surface area contributed by atoms with E-state index in [-0.39, 0.29) is 12.5 Å². The van der Waals surface area contributed by atoms with Gasteiger partial charge in [-0.1, -0.05) is 57.6 Å². The maximum absolute atomic E-state index is 13.3. The van der Waals surface area contributed by atoms with Gasteiger partial charge in [0, 0.05) is 30.7 Å². The lowest BCUT2D eigenvalue weighted by Gasteiger charge is -2.27. The lowest BCUT2D eigenvalue weighted by atomic mass is 10.1. The Hall–Kier alpha value is -2.52. The third-order valence-corrected chi connectivity index (χ3v) is 7.45. The van der Waals surface area contributed by atoms with Gasteiger partial charge in [0.05, 0.1) is 23.4 Å². The number of anilines is 1. The highest BCUT2D eigenvalue weighted by Crippen LogP contribution is 2.31. The zero-order valence-electron chi connectivity index (χ0n) is 18.8. The Bertz CT molecular complexity index is 1290. The Labute approximate surface area is 211 Å². The van der Waals surface area contributed by atoms with Crippen LogP contribution in [0.5, 0.6) is 5.75 Å². The summed E-state index contributed by atoms with van der Waals surface area (Å²) >= 11 is 5.06. The molecule has 1 aliphatic rings. The number of ether oxygens (including phenoxy) is 2. The minimum atomic E-state index is -0.0896. The molecule has 0 atom stereocenters. The summed E-state index contributed by atoms with van der Waals surface area (Å²) in [4.78, 5) is 22.2. The first-order valence-corrected chi connectivity index (χ1v) is 13.0. The van der Waals surface area contributed by atoms with Crippen LogP contribution in [-0.2, 0) is 9.53 Å². The maximum Gasteiger partial charge on any atom is 0.266 e. The highest BCUT2D eigenvalue weighted by Gasteiger charge is 2.21. The first-order chi connectivity index (χ1) is 16.7. The van der Waals surface area contributed by atoms with E-state index in [2.05, 4.69) is 26.9 Å². The van der Waals surface area contributed by atoms with Crippen molar-refractivity contribution >= 4 is 59.3 Å². The Morgan fingerprint density at radius 3 is 2.76 bits per heavy atom. The molecule has 0 bridgehead atoms. The van der Waals surface area contributed by atoms with Gasteiger partial charge in [-0.25, -0.2) is 4.98 Å². The fourth-order valence-electron chi connectivity index (χ4n) is 4.09. The van der Waals surface area contributed by atoms with Gasteiger partial charge in [-0.3, -0.25) is 14.6 Å². The van der Waals surface area contributed by atoms with Gasteiger partial charge >= 0.3 is 0 Å². The van der Waals surface area contributed by atoms with Crippen LogP contribution in [0, 0.1) is 0 Å². The van der Waals surface area contributed by atoms with Crippen LogP contribution in [0.3, 0.4) is 0 Å². The fourth-order valence-corrected chi connectivity index (χ4v) is 5.65. The summed E-state index contributed by atoms with van der Waals surface area (Å²) in [7, 11) is 0. The van der Waals surface area contributed by atoms with E-state index < -0.39 is 0 Å². The molecule has 176 valence electrons. The van der Waals surface area contributed by atoms with Crippen molar-refractivity contribution in [3.63, 3.8) is 0 Å². The summed E-state index contributed by atoms with van der Waals surface area (Å²) in [6.45, 7) is 4.91. The van der Waals surface area contributed by atoms with Crippen molar-refractivity contribution in [1.82, 2.24) is 9.88 Å². The van der Waals surface area contributed by atoms with E-state index in [4.69, 9.17) is 14.5 Å². The van der Waals surface area contributed by atoms with E-state index in [0.29, 0.717) is 17.4 Å². The molecule has 0 spiro atoms. The number of carbonyl (C=O) groups excluding carboxylic acids is 1. The summed E-state index contributed by atoms with van der Waals surface area (Å²) < 4.78 is 13.4. The van der Waals surface area contributed by atoms with E-state index in [1.807, 2.05) is 54.6 Å². The monoisotopic (exact) mass is 539 g/mol. The number of hydrogen-bond donors (Lipinski definition) is 0. The molecule has 0 saturated carbocycles. The van der Waals surface area contributed by atoms with Gasteiger partial charge < -0.3 is 9.47 Å². The van der Waals surface area contributed by atoms with Gasteiger partial charge in [0.2, 0.25) is 0 Å². The molecule has 1 aromatic heterocycles. The Morgan fingerprint density at radius 1 is 1.09 bits per heavy atom. The molecule has 3 aromatic carbocycles. The van der Waals surface area contributed by atoms with Crippen molar-refractivity contribution in [1.29, 1.82) is 0 Å². The molecule has 1 saturated heterocycles. The van der Waals surface area contributed by atoms with Crippen molar-refractivity contribution in [3.8, 4) is 5.75 Å². The molecule has 0 aliphatic carbocycles. The molecule has 1 aliphatic heterocycles. The zero-order chi connectivity index (χ0) is 23.3. The maximum atomic E-state index is 13.3. The number of halogens is 1. The average molecular weight is 540 g/mol. The largest absolute Gasteiger partial charge is 0.484 e. The standard InChI is InChI=1S/C26H26BrN3O3S/c27-21-7-9-23-24(17-21)34-26(28-23)30(11-3-10-29-12-14-32-15-13-29)25(31)18-33-22-8-6-19-4-1-2-5-20(19)16-22/h1-2,4-9,16-17H,3,10-15,18H2. The van der Waals surface area contributed by atoms with Crippen LogP contribution in [-0.4, -0.2) is 61.8 Å². The van der Waals surface area contributed by atoms with Crippen LogP contribution in [0.15, 0.2) is 65.1 Å². The smallest absolute Gasteiger partial charge is 0.266 e. The molecular formula is C26H26BrN3O3S. The highest BCUT2D eigenvalue weighted by molar-refractivity contribution is 9.10. The fraction of sp³-hybridized carbons (Fsp3) is 0.308. The van der Waals surface area contributed by atoms with E-state index in [1.54, 1.807) is 4.90 Å². The molecule has 1 amide bonds. The zero-order valence-corrected chi connectivity index (χ0v) is 21.2. The highest BCUT2D eigenvalue weighted by atomic mass is 79.9. The first kappa shape index (κ1) is 23.2. The van der Waals surface area contributed by atoms with Crippen LogP contribution < -0.4 is 9.64 Å². The number of fused-ring (bicyclic) bond motifs is 2. The van der Waals surface area contributed by atoms with Gasteiger partial charge in [-0.05, 0) is 47.5 Å². The lowest BCUT2D eigenvalue weighted by Crippen LogP contribution is -2.40. The number of thiazole rings is 1. The first-order valence-electron chi connectivity index (χ1n) is 11.4. The predicted molar refractivity (Wildman–Crippen MR) is 141 cm³/mol. The molecular weight excluding hydrogens is 514 g/mol. The van der Waals surface area contributed by atoms with E-state index in [9.17, 15) is 4.79 Å². The Kier molecular flexibility index (Phi) is 7.39. The van der Waals surface area contributed by atoms with Gasteiger partial charge in [-0.15, -0.1) is 0 Å². The van der Waals surface area contributed by atoms with E-state index >= 15 is 0 Å². The summed E-state index contributed by atoms with van der Waals surface area (Å²) in [5.74, 6) is 0.599. The molecule has 4 aromatic rings. The molecule has 5 rings (SSSR count). The van der Waals surface area contributed by atoms with Crippen LogP contribution in [0.2, 0.25) is 0 Å². The minimum absolute atomic E-state index is 0.0322. The number of rotatable bonds is 8. The van der Waals surface area contributed by atoms with Gasteiger partial charge in [0.25, 0.3) is 5.91 Å². The quantitative estimate of drug-likeness (QED) is 0.302. The average Bonchev–Trinajstić information content (AvgIpc) is 3.28. The van der Waals surface area contributed by atoms with Crippen molar-refractivity contribution in [2.45, 2.75) is 6.42 Å². The van der Waals surface area contributed by atoms with Crippen LogP contribution in [0.25, 0.3) is 21.0 Å². The molecule has 1 fully saturated rings. The summed E-state index contributed by atoms with van der Waals surface area (Å²) in [6, 6.07) is 20.0. The molecule has 0 unspecified atom stereocenters. The molecule has 0 N–H and O–H groups in total. The topological polar surface area (TPSA) is 54.9 Å². The predicted octanol–water partition coefficient (Wildman–Crippen LogP) is 5.35. The van der Waals surface area contributed by atoms with Gasteiger partial charge in [-0.2, -0.15) is 0 Å². The summed E-state index contributed by atoms with van der Waals surface area (Å²) in [6.07, 6.45) is 0.862. The number of nitrogens with zero attached hydrogens (tertiary/aromatic N) is 3. The number of aromatic nitrogens is 1. The Balaban J connectivity index is 1.30. The van der Waals surface area contributed by atoms with E-state index in [0.717, 1.165) is 64.7 Å². The molecule has 6 nitrogen and oxygen atoms in total. The van der Waals surface area contributed by atoms with Crippen molar-refractivity contribution < 1.29 is 14.3 Å². The van der Waals surface area contributed by atoms with Crippen molar-refractivity contribution in [2.75, 3.05) is 50.9 Å². The summed E-state index contributed by atoms with van der Waals surface area (Å²) in [5.41, 5.74) is 0.893. The van der Waals surface area contributed by atoms with Gasteiger partial charge in [0.15, 0.2) is 11.7 Å². The Morgan fingerprint density at radius 2 is 1.91 bits per heavy atom. The molecule has 8 heteroatoms. The van der Waals surface area contributed by atoms with Crippen LogP contribution in [0.4, 0.5) is 5.13 Å². The van der Waals surface area contributed by atoms with Crippen LogP contribution in [0.1, 0.15) is 6.42 Å². The second kappa shape index (κ2) is 10.8. The van der Waals surface area contributed by atoms with Crippen LogP contribution >= 0.6 is 27.3 Å².